The molecule has 1 aromatic carbocycles. The lowest BCUT2D eigenvalue weighted by Gasteiger charge is -2.45. The van der Waals surface area contributed by atoms with E-state index in [1.165, 1.54) is 5.56 Å². The third-order valence-electron chi connectivity index (χ3n) is 4.80. The maximum absolute atomic E-state index is 6.16. The first-order valence-corrected chi connectivity index (χ1v) is 7.57. The Morgan fingerprint density at radius 3 is 2.55 bits per heavy atom. The quantitative estimate of drug-likeness (QED) is 0.910. The van der Waals surface area contributed by atoms with E-state index in [1.54, 1.807) is 0 Å². The molecule has 20 heavy (non-hydrogen) atoms. The highest BCUT2D eigenvalue weighted by Crippen LogP contribution is 2.34. The lowest BCUT2D eigenvalue weighted by Crippen LogP contribution is -2.56. The fraction of sp³-hybridized carbons (Fsp3) is 0.562. The van der Waals surface area contributed by atoms with Crippen LogP contribution in [0.15, 0.2) is 35.3 Å². The predicted octanol–water partition coefficient (Wildman–Crippen LogP) is 1.67. The molecule has 2 aliphatic rings. The Bertz CT molecular complexity index is 475. The summed E-state index contributed by atoms with van der Waals surface area (Å²) in [7, 11) is 0. The predicted molar refractivity (Wildman–Crippen MR) is 82.6 cm³/mol. The minimum absolute atomic E-state index is 0.158. The molecule has 0 amide bonds. The summed E-state index contributed by atoms with van der Waals surface area (Å²) in [6.07, 6.45) is 2.33. The van der Waals surface area contributed by atoms with Crippen LogP contribution in [-0.2, 0) is 6.54 Å². The van der Waals surface area contributed by atoms with Crippen LogP contribution < -0.4 is 5.73 Å². The summed E-state index contributed by atoms with van der Waals surface area (Å²) >= 11 is 0. The van der Waals surface area contributed by atoms with Gasteiger partial charge in [0, 0.05) is 19.6 Å². The third kappa shape index (κ3) is 2.40. The summed E-state index contributed by atoms with van der Waals surface area (Å²) in [4.78, 5) is 9.40. The van der Waals surface area contributed by atoms with Crippen molar-refractivity contribution in [3.05, 3.63) is 35.9 Å². The number of benzene rings is 1. The molecule has 2 aliphatic heterocycles. The zero-order chi connectivity index (χ0) is 14.0. The topological polar surface area (TPSA) is 44.9 Å². The molecule has 4 heteroatoms. The lowest BCUT2D eigenvalue weighted by molar-refractivity contribution is 0.0846. The standard InChI is InChI=1S/C16H24N4/c1-2-19-10-8-16(9-11-19)13-18-15(17)20(16)12-14-6-4-3-5-7-14/h3-7H,2,8-13H2,1H3,(H2,17,18). The van der Waals surface area contributed by atoms with E-state index in [1.807, 2.05) is 0 Å². The maximum Gasteiger partial charge on any atom is 0.192 e. The van der Waals surface area contributed by atoms with E-state index in [-0.39, 0.29) is 5.54 Å². The molecule has 1 aromatic rings. The fourth-order valence-electron chi connectivity index (χ4n) is 3.37. The van der Waals surface area contributed by atoms with Gasteiger partial charge >= 0.3 is 0 Å². The van der Waals surface area contributed by atoms with Crippen molar-refractivity contribution in [2.75, 3.05) is 26.2 Å². The van der Waals surface area contributed by atoms with Gasteiger partial charge in [0.1, 0.15) is 0 Å². The van der Waals surface area contributed by atoms with Crippen LogP contribution in [-0.4, -0.2) is 47.5 Å². The number of guanidine groups is 1. The van der Waals surface area contributed by atoms with Gasteiger partial charge in [-0.3, -0.25) is 4.99 Å². The Balaban J connectivity index is 1.75. The second kappa shape index (κ2) is 5.44. The van der Waals surface area contributed by atoms with Crippen LogP contribution in [0.4, 0.5) is 0 Å². The zero-order valence-electron chi connectivity index (χ0n) is 12.3. The maximum atomic E-state index is 6.16. The van der Waals surface area contributed by atoms with Gasteiger partial charge in [-0.05, 0) is 24.9 Å². The van der Waals surface area contributed by atoms with Gasteiger partial charge in [0.05, 0.1) is 12.1 Å². The van der Waals surface area contributed by atoms with Crippen molar-refractivity contribution in [2.24, 2.45) is 10.7 Å². The average molecular weight is 272 g/mol. The van der Waals surface area contributed by atoms with Crippen molar-refractivity contribution in [3.63, 3.8) is 0 Å². The van der Waals surface area contributed by atoms with E-state index < -0.39 is 0 Å². The van der Waals surface area contributed by atoms with Gasteiger partial charge in [0.15, 0.2) is 5.96 Å². The molecule has 2 heterocycles. The van der Waals surface area contributed by atoms with Crippen molar-refractivity contribution in [1.82, 2.24) is 9.80 Å². The van der Waals surface area contributed by atoms with E-state index in [0.717, 1.165) is 51.5 Å². The first kappa shape index (κ1) is 13.4. The Hall–Kier alpha value is -1.55. The minimum atomic E-state index is 0.158. The van der Waals surface area contributed by atoms with E-state index in [0.29, 0.717) is 0 Å². The summed E-state index contributed by atoms with van der Waals surface area (Å²) in [5.74, 6) is 0.721. The highest BCUT2D eigenvalue weighted by molar-refractivity contribution is 5.81. The lowest BCUT2D eigenvalue weighted by atomic mass is 9.86. The molecular formula is C16H24N4. The summed E-state index contributed by atoms with van der Waals surface area (Å²) < 4.78 is 0. The normalized spacial score (nSPS) is 22.2. The smallest absolute Gasteiger partial charge is 0.192 e. The number of piperidine rings is 1. The monoisotopic (exact) mass is 272 g/mol. The van der Waals surface area contributed by atoms with Gasteiger partial charge in [-0.25, -0.2) is 0 Å². The summed E-state index contributed by atoms with van der Waals surface area (Å²) in [5, 5.41) is 0. The van der Waals surface area contributed by atoms with Crippen molar-refractivity contribution >= 4 is 5.96 Å². The van der Waals surface area contributed by atoms with Gasteiger partial charge < -0.3 is 15.5 Å². The molecule has 3 rings (SSSR count). The largest absolute Gasteiger partial charge is 0.370 e. The number of likely N-dealkylation sites (tertiary alicyclic amines) is 1. The molecule has 1 spiro atoms. The first-order chi connectivity index (χ1) is 9.73. The van der Waals surface area contributed by atoms with Gasteiger partial charge in [-0.15, -0.1) is 0 Å². The van der Waals surface area contributed by atoms with Crippen LogP contribution in [0.3, 0.4) is 0 Å². The van der Waals surface area contributed by atoms with Crippen LogP contribution in [0.1, 0.15) is 25.3 Å². The van der Waals surface area contributed by atoms with Crippen molar-refractivity contribution in [3.8, 4) is 0 Å². The van der Waals surface area contributed by atoms with E-state index >= 15 is 0 Å². The average Bonchev–Trinajstić information content (AvgIpc) is 2.79. The second-order valence-electron chi connectivity index (χ2n) is 5.90. The van der Waals surface area contributed by atoms with Crippen molar-refractivity contribution < 1.29 is 0 Å². The number of rotatable bonds is 3. The number of nitrogens with two attached hydrogens (primary N) is 1. The Labute approximate surface area is 121 Å². The number of aliphatic imine (C=N–C) groups is 1. The molecule has 0 aliphatic carbocycles. The van der Waals surface area contributed by atoms with Crippen molar-refractivity contribution in [2.45, 2.75) is 31.8 Å². The molecule has 1 saturated heterocycles. The third-order valence-corrected chi connectivity index (χ3v) is 4.80. The van der Waals surface area contributed by atoms with Crippen LogP contribution in [0.2, 0.25) is 0 Å². The molecule has 0 atom stereocenters. The van der Waals surface area contributed by atoms with E-state index in [2.05, 4.69) is 52.0 Å². The van der Waals surface area contributed by atoms with Gasteiger partial charge in [0.25, 0.3) is 0 Å². The summed E-state index contributed by atoms with van der Waals surface area (Å²) in [6, 6.07) is 10.6. The molecular weight excluding hydrogens is 248 g/mol. The highest BCUT2D eigenvalue weighted by Gasteiger charge is 2.43. The molecule has 108 valence electrons. The van der Waals surface area contributed by atoms with Gasteiger partial charge in [-0.1, -0.05) is 37.3 Å². The Morgan fingerprint density at radius 1 is 1.20 bits per heavy atom. The zero-order valence-corrected chi connectivity index (χ0v) is 12.3. The van der Waals surface area contributed by atoms with Crippen molar-refractivity contribution in [1.29, 1.82) is 0 Å². The minimum Gasteiger partial charge on any atom is -0.370 e. The Kier molecular flexibility index (Phi) is 3.66. The van der Waals surface area contributed by atoms with Gasteiger partial charge in [0.2, 0.25) is 0 Å². The van der Waals surface area contributed by atoms with Crippen LogP contribution in [0.25, 0.3) is 0 Å². The molecule has 0 aromatic heterocycles. The molecule has 0 saturated carbocycles. The van der Waals surface area contributed by atoms with Gasteiger partial charge in [-0.2, -0.15) is 0 Å². The summed E-state index contributed by atoms with van der Waals surface area (Å²) in [5.41, 5.74) is 7.63. The molecule has 2 N–H and O–H groups in total. The Morgan fingerprint density at radius 2 is 1.90 bits per heavy atom. The van der Waals surface area contributed by atoms with E-state index in [9.17, 15) is 0 Å². The van der Waals surface area contributed by atoms with Crippen LogP contribution >= 0.6 is 0 Å². The molecule has 4 nitrogen and oxygen atoms in total. The highest BCUT2D eigenvalue weighted by atomic mass is 15.4. The fourth-order valence-corrected chi connectivity index (χ4v) is 3.37. The number of hydrogen-bond acceptors (Lipinski definition) is 4. The van der Waals surface area contributed by atoms with E-state index in [4.69, 9.17) is 5.73 Å². The molecule has 0 radical (unpaired) electrons. The molecule has 0 bridgehead atoms. The van der Waals surface area contributed by atoms with Crippen LogP contribution in [0, 0.1) is 0 Å². The van der Waals surface area contributed by atoms with Crippen LogP contribution in [0.5, 0.6) is 0 Å². The first-order valence-electron chi connectivity index (χ1n) is 7.57. The number of hydrogen-bond donors (Lipinski definition) is 1. The SMILES string of the molecule is CCN1CCC2(CC1)CN=C(N)N2Cc1ccccc1. The molecule has 1 fully saturated rings. The molecule has 0 unspecified atom stereocenters. The second-order valence-corrected chi connectivity index (χ2v) is 5.90. The number of nitrogens with zero attached hydrogens (tertiary/aromatic N) is 3. The summed E-state index contributed by atoms with van der Waals surface area (Å²) in [6.45, 7) is 7.44.